The van der Waals surface area contributed by atoms with E-state index in [0.29, 0.717) is 44.3 Å². The molecule has 1 fully saturated rings. The van der Waals surface area contributed by atoms with Gasteiger partial charge in [-0.1, -0.05) is 12.1 Å². The fourth-order valence-electron chi connectivity index (χ4n) is 3.45. The monoisotopic (exact) mass is 413 g/mol. The number of amides is 3. The number of rotatable bonds is 7. The molecule has 2 N–H and O–H groups in total. The van der Waals surface area contributed by atoms with Crippen molar-refractivity contribution >= 4 is 17.6 Å². The highest BCUT2D eigenvalue weighted by molar-refractivity contribution is 5.89. The summed E-state index contributed by atoms with van der Waals surface area (Å²) in [4.78, 5) is 26.3. The highest BCUT2D eigenvalue weighted by Crippen LogP contribution is 2.18. The van der Waals surface area contributed by atoms with Gasteiger partial charge in [0.05, 0.1) is 13.0 Å². The predicted molar refractivity (Wildman–Crippen MR) is 114 cm³/mol. The number of likely N-dealkylation sites (tertiary alicyclic amines) is 1. The first-order chi connectivity index (χ1) is 14.5. The molecule has 6 nitrogen and oxygen atoms in total. The van der Waals surface area contributed by atoms with Crippen molar-refractivity contribution in [3.05, 3.63) is 59.9 Å². The third-order valence-electron chi connectivity index (χ3n) is 5.18. The van der Waals surface area contributed by atoms with Gasteiger partial charge in [-0.3, -0.25) is 4.79 Å². The minimum atomic E-state index is -0.335. The molecule has 1 aliphatic heterocycles. The summed E-state index contributed by atoms with van der Waals surface area (Å²) >= 11 is 0. The topological polar surface area (TPSA) is 70.7 Å². The van der Waals surface area contributed by atoms with Gasteiger partial charge in [0.1, 0.15) is 11.6 Å². The summed E-state index contributed by atoms with van der Waals surface area (Å²) in [5, 5.41) is 5.79. The Kier molecular flexibility index (Phi) is 7.65. The fraction of sp³-hybridized carbons (Fsp3) is 0.391. The number of carbonyl (C=O) groups excluding carboxylic acids is 2. The van der Waals surface area contributed by atoms with Crippen molar-refractivity contribution in [1.29, 1.82) is 0 Å². The van der Waals surface area contributed by atoms with Gasteiger partial charge in [-0.05, 0) is 67.6 Å². The second kappa shape index (κ2) is 10.6. The maximum absolute atomic E-state index is 13.0. The van der Waals surface area contributed by atoms with E-state index >= 15 is 0 Å². The lowest BCUT2D eigenvalue weighted by atomic mass is 9.97. The first kappa shape index (κ1) is 21.6. The van der Waals surface area contributed by atoms with Crippen LogP contribution in [0.4, 0.5) is 14.9 Å². The van der Waals surface area contributed by atoms with Gasteiger partial charge in [0.15, 0.2) is 0 Å². The highest BCUT2D eigenvalue weighted by atomic mass is 19.1. The molecular weight excluding hydrogens is 385 g/mol. The van der Waals surface area contributed by atoms with E-state index in [1.807, 2.05) is 31.2 Å². The number of halogens is 1. The summed E-state index contributed by atoms with van der Waals surface area (Å²) in [6.07, 6.45) is 2.01. The van der Waals surface area contributed by atoms with Gasteiger partial charge in [0.25, 0.3) is 0 Å². The Balaban J connectivity index is 1.36. The van der Waals surface area contributed by atoms with Gasteiger partial charge in [0.2, 0.25) is 5.91 Å². The lowest BCUT2D eigenvalue weighted by molar-refractivity contribution is -0.120. The summed E-state index contributed by atoms with van der Waals surface area (Å²) in [5.74, 6) is 0.815. The van der Waals surface area contributed by atoms with Crippen LogP contribution in [-0.2, 0) is 11.2 Å². The molecule has 2 aromatic rings. The van der Waals surface area contributed by atoms with Gasteiger partial charge < -0.3 is 20.3 Å². The van der Waals surface area contributed by atoms with Crippen LogP contribution in [0.25, 0.3) is 0 Å². The number of ether oxygens (including phenoxy) is 1. The molecule has 0 aromatic heterocycles. The van der Waals surface area contributed by atoms with E-state index < -0.39 is 0 Å². The number of piperidine rings is 1. The standard InChI is InChI=1S/C23H28FN3O3/c1-2-30-21-9-3-17(4-10-21)15-22(28)25-16-18-11-13-27(14-12-18)23(29)26-20-7-5-19(24)6-8-20/h3-10,18H,2,11-16H2,1H3,(H,25,28)(H,26,29). The van der Waals surface area contributed by atoms with Crippen molar-refractivity contribution in [3.8, 4) is 5.75 Å². The van der Waals surface area contributed by atoms with Crippen LogP contribution in [0.5, 0.6) is 5.75 Å². The average molecular weight is 413 g/mol. The van der Waals surface area contributed by atoms with Crippen molar-refractivity contribution in [1.82, 2.24) is 10.2 Å². The number of nitrogens with zero attached hydrogens (tertiary/aromatic N) is 1. The molecule has 0 unspecified atom stereocenters. The number of hydrogen-bond donors (Lipinski definition) is 2. The zero-order valence-electron chi connectivity index (χ0n) is 17.2. The quantitative estimate of drug-likeness (QED) is 0.725. The third kappa shape index (κ3) is 6.47. The Morgan fingerprint density at radius 3 is 2.37 bits per heavy atom. The second-order valence-corrected chi connectivity index (χ2v) is 7.43. The second-order valence-electron chi connectivity index (χ2n) is 7.43. The molecule has 0 saturated carbocycles. The van der Waals surface area contributed by atoms with Crippen LogP contribution >= 0.6 is 0 Å². The van der Waals surface area contributed by atoms with Gasteiger partial charge in [-0.15, -0.1) is 0 Å². The highest BCUT2D eigenvalue weighted by Gasteiger charge is 2.23. The molecule has 160 valence electrons. The largest absolute Gasteiger partial charge is 0.494 e. The third-order valence-corrected chi connectivity index (χ3v) is 5.18. The maximum Gasteiger partial charge on any atom is 0.321 e. The van der Waals surface area contributed by atoms with Crippen LogP contribution in [0.15, 0.2) is 48.5 Å². The Bertz CT molecular complexity index is 832. The van der Waals surface area contributed by atoms with Crippen molar-refractivity contribution in [3.63, 3.8) is 0 Å². The van der Waals surface area contributed by atoms with E-state index in [4.69, 9.17) is 4.74 Å². The van der Waals surface area contributed by atoms with Crippen LogP contribution in [0, 0.1) is 11.7 Å². The number of hydrogen-bond acceptors (Lipinski definition) is 3. The molecule has 1 aliphatic rings. The number of nitrogens with one attached hydrogen (secondary N) is 2. The number of anilines is 1. The minimum Gasteiger partial charge on any atom is -0.494 e. The maximum atomic E-state index is 13.0. The molecule has 30 heavy (non-hydrogen) atoms. The average Bonchev–Trinajstić information content (AvgIpc) is 2.76. The zero-order chi connectivity index (χ0) is 21.3. The molecule has 1 heterocycles. The molecule has 2 aromatic carbocycles. The van der Waals surface area contributed by atoms with E-state index in [1.54, 1.807) is 17.0 Å². The van der Waals surface area contributed by atoms with Gasteiger partial charge in [0, 0.05) is 25.3 Å². The lowest BCUT2D eigenvalue weighted by Gasteiger charge is -2.32. The normalized spacial score (nSPS) is 14.3. The molecule has 0 aliphatic carbocycles. The Morgan fingerprint density at radius 2 is 1.73 bits per heavy atom. The molecule has 3 rings (SSSR count). The fourth-order valence-corrected chi connectivity index (χ4v) is 3.45. The van der Waals surface area contributed by atoms with Crippen molar-refractivity contribution < 1.29 is 18.7 Å². The number of urea groups is 1. The van der Waals surface area contributed by atoms with Crippen molar-refractivity contribution in [2.24, 2.45) is 5.92 Å². The summed E-state index contributed by atoms with van der Waals surface area (Å²) in [7, 11) is 0. The predicted octanol–water partition coefficient (Wildman–Crippen LogP) is 3.83. The molecule has 7 heteroatoms. The molecule has 1 saturated heterocycles. The zero-order valence-corrected chi connectivity index (χ0v) is 17.2. The molecule has 0 atom stereocenters. The lowest BCUT2D eigenvalue weighted by Crippen LogP contribution is -2.43. The summed E-state index contributed by atoms with van der Waals surface area (Å²) in [5.41, 5.74) is 1.52. The van der Waals surface area contributed by atoms with Crippen LogP contribution in [0.2, 0.25) is 0 Å². The number of benzene rings is 2. The summed E-state index contributed by atoms with van der Waals surface area (Å²) in [6, 6.07) is 13.1. The van der Waals surface area contributed by atoms with Crippen LogP contribution in [0.3, 0.4) is 0 Å². The van der Waals surface area contributed by atoms with Gasteiger partial charge in [-0.25, -0.2) is 9.18 Å². The van der Waals surface area contributed by atoms with Crippen LogP contribution in [-0.4, -0.2) is 43.1 Å². The minimum absolute atomic E-state index is 0.00403. The van der Waals surface area contributed by atoms with E-state index in [-0.39, 0.29) is 17.8 Å². The SMILES string of the molecule is CCOc1ccc(CC(=O)NCC2CCN(C(=O)Nc3ccc(F)cc3)CC2)cc1. The number of carbonyl (C=O) groups is 2. The van der Waals surface area contributed by atoms with E-state index in [9.17, 15) is 14.0 Å². The molecule has 0 spiro atoms. The Labute approximate surface area is 176 Å². The van der Waals surface area contributed by atoms with Crippen molar-refractivity contribution in [2.45, 2.75) is 26.2 Å². The molecular formula is C23H28FN3O3. The molecule has 0 bridgehead atoms. The smallest absolute Gasteiger partial charge is 0.321 e. The molecule has 0 radical (unpaired) electrons. The van der Waals surface area contributed by atoms with Crippen LogP contribution < -0.4 is 15.4 Å². The van der Waals surface area contributed by atoms with E-state index in [1.165, 1.54) is 12.1 Å². The van der Waals surface area contributed by atoms with Crippen LogP contribution in [0.1, 0.15) is 25.3 Å². The first-order valence-electron chi connectivity index (χ1n) is 10.3. The van der Waals surface area contributed by atoms with E-state index in [2.05, 4.69) is 10.6 Å². The van der Waals surface area contributed by atoms with Gasteiger partial charge >= 0.3 is 6.03 Å². The van der Waals surface area contributed by atoms with Crippen molar-refractivity contribution in [2.75, 3.05) is 31.6 Å². The Morgan fingerprint density at radius 1 is 1.07 bits per heavy atom. The summed E-state index contributed by atoms with van der Waals surface area (Å²) < 4.78 is 18.4. The summed E-state index contributed by atoms with van der Waals surface area (Å²) in [6.45, 7) is 4.43. The van der Waals surface area contributed by atoms with Gasteiger partial charge in [-0.2, -0.15) is 0 Å². The first-order valence-corrected chi connectivity index (χ1v) is 10.3. The van der Waals surface area contributed by atoms with E-state index in [0.717, 1.165) is 24.2 Å². The molecule has 3 amide bonds. The Hall–Kier alpha value is -3.09.